The van der Waals surface area contributed by atoms with Gasteiger partial charge in [0.2, 0.25) is 0 Å². The minimum atomic E-state index is -0.310. The quantitative estimate of drug-likeness (QED) is 0.276. The van der Waals surface area contributed by atoms with Gasteiger partial charge in [0.25, 0.3) is 0 Å². The highest BCUT2D eigenvalue weighted by molar-refractivity contribution is 14.1. The molecule has 3 atom stereocenters. The molecule has 1 aromatic rings. The second-order valence-electron chi connectivity index (χ2n) is 9.17. The molecule has 0 saturated heterocycles. The number of halogens is 1. The summed E-state index contributed by atoms with van der Waals surface area (Å²) in [5, 5.41) is 18.9. The molecule has 1 aromatic carbocycles. The Bertz CT molecular complexity index is 1340. The molecule has 2 aliphatic heterocycles. The fraction of sp³-hybridized carbons (Fsp3) is 0.258. The lowest BCUT2D eigenvalue weighted by Gasteiger charge is -2.29. The van der Waals surface area contributed by atoms with Crippen molar-refractivity contribution < 1.29 is 0 Å². The summed E-state index contributed by atoms with van der Waals surface area (Å²) in [5.74, 6) is 0.366. The summed E-state index contributed by atoms with van der Waals surface area (Å²) in [6.45, 7) is 4.99. The fourth-order valence-electron chi connectivity index (χ4n) is 4.91. The van der Waals surface area contributed by atoms with Gasteiger partial charge in [-0.1, -0.05) is 77.6 Å². The van der Waals surface area contributed by atoms with Crippen LogP contribution in [0.25, 0.3) is 0 Å². The van der Waals surface area contributed by atoms with E-state index < -0.39 is 0 Å². The third kappa shape index (κ3) is 5.69. The SMILES string of the molecule is C/C(=C\C(=C/I)C1=CC(C2=CC=NC(C#N)C2C)CC=C1)N1C/C=C\C=C/Cc2cc(C#N)ccc21. The first kappa shape index (κ1) is 25.7. The van der Waals surface area contributed by atoms with E-state index in [4.69, 9.17) is 0 Å². The third-order valence-electron chi connectivity index (χ3n) is 6.89. The van der Waals surface area contributed by atoms with Crippen molar-refractivity contribution >= 4 is 34.5 Å². The van der Waals surface area contributed by atoms with Crippen LogP contribution in [-0.4, -0.2) is 18.8 Å². The van der Waals surface area contributed by atoms with E-state index in [-0.39, 0.29) is 17.9 Å². The summed E-state index contributed by atoms with van der Waals surface area (Å²) in [5.41, 5.74) is 7.69. The maximum Gasteiger partial charge on any atom is 0.142 e. The topological polar surface area (TPSA) is 63.2 Å². The Morgan fingerprint density at radius 3 is 2.81 bits per heavy atom. The summed E-state index contributed by atoms with van der Waals surface area (Å²) in [6.07, 6.45) is 23.0. The van der Waals surface area contributed by atoms with Crippen LogP contribution in [-0.2, 0) is 6.42 Å². The van der Waals surface area contributed by atoms with Gasteiger partial charge in [-0.25, -0.2) is 0 Å². The van der Waals surface area contributed by atoms with E-state index in [1.54, 1.807) is 6.21 Å². The molecule has 0 aromatic heterocycles. The Labute approximate surface area is 227 Å². The molecule has 0 saturated carbocycles. The lowest BCUT2D eigenvalue weighted by atomic mass is 9.78. The van der Waals surface area contributed by atoms with Crippen molar-refractivity contribution in [2.75, 3.05) is 11.4 Å². The Kier molecular flexibility index (Phi) is 8.57. The maximum atomic E-state index is 9.47. The smallest absolute Gasteiger partial charge is 0.142 e. The molecule has 0 amide bonds. The van der Waals surface area contributed by atoms with Crippen LogP contribution in [0.15, 0.2) is 104 Å². The minimum absolute atomic E-state index is 0.110. The van der Waals surface area contributed by atoms with E-state index in [0.29, 0.717) is 5.56 Å². The van der Waals surface area contributed by atoms with Crippen LogP contribution in [0.3, 0.4) is 0 Å². The van der Waals surface area contributed by atoms with E-state index in [9.17, 15) is 10.5 Å². The summed E-state index contributed by atoms with van der Waals surface area (Å²) in [4.78, 5) is 6.64. The van der Waals surface area contributed by atoms with Gasteiger partial charge in [-0.2, -0.15) is 10.5 Å². The summed E-state index contributed by atoms with van der Waals surface area (Å²) in [7, 11) is 0. The molecule has 3 unspecified atom stereocenters. The number of rotatable bonds is 4. The van der Waals surface area contributed by atoms with E-state index in [1.807, 2.05) is 12.1 Å². The number of anilines is 1. The maximum absolute atomic E-state index is 9.47. The molecule has 0 N–H and O–H groups in total. The largest absolute Gasteiger partial charge is 0.341 e. The molecule has 4 nitrogen and oxygen atoms in total. The highest BCUT2D eigenvalue weighted by Gasteiger charge is 2.27. The van der Waals surface area contributed by atoms with Gasteiger partial charge >= 0.3 is 0 Å². The zero-order chi connectivity index (χ0) is 25.5. The molecule has 4 rings (SSSR count). The number of allylic oxidation sites excluding steroid dienone is 11. The minimum Gasteiger partial charge on any atom is -0.341 e. The van der Waals surface area contributed by atoms with Gasteiger partial charge in [-0.3, -0.25) is 4.99 Å². The van der Waals surface area contributed by atoms with Gasteiger partial charge in [-0.05, 0) is 70.9 Å². The number of aliphatic imine (C=N–C) groups is 1. The predicted octanol–water partition coefficient (Wildman–Crippen LogP) is 7.30. The van der Waals surface area contributed by atoms with Crippen molar-refractivity contribution in [1.82, 2.24) is 0 Å². The number of hydrogen-bond donors (Lipinski definition) is 0. The van der Waals surface area contributed by atoms with Gasteiger partial charge in [0, 0.05) is 36.0 Å². The van der Waals surface area contributed by atoms with Crippen molar-refractivity contribution in [3.8, 4) is 12.1 Å². The highest BCUT2D eigenvalue weighted by Crippen LogP contribution is 2.35. The summed E-state index contributed by atoms with van der Waals surface area (Å²) < 4.78 is 2.13. The van der Waals surface area contributed by atoms with Gasteiger partial charge in [-0.15, -0.1) is 0 Å². The number of hydrogen-bond acceptors (Lipinski definition) is 4. The molecular formula is C31H29IN4. The van der Waals surface area contributed by atoms with E-state index >= 15 is 0 Å². The van der Waals surface area contributed by atoms with Crippen molar-refractivity contribution in [3.63, 3.8) is 0 Å². The average molecular weight is 585 g/mol. The molecule has 36 heavy (non-hydrogen) atoms. The van der Waals surface area contributed by atoms with Gasteiger partial charge < -0.3 is 4.90 Å². The average Bonchev–Trinajstić information content (AvgIpc) is 3.01. The molecule has 0 radical (unpaired) electrons. The molecule has 0 bridgehead atoms. The van der Waals surface area contributed by atoms with E-state index in [1.165, 1.54) is 11.1 Å². The standard InChI is InChI=1S/C31H29IN4/c1-22(36-15-6-4-3-5-8-27-17-24(20-33)11-12-31(27)36)16-28(19-32)25-9-7-10-26(18-25)29-13-14-35-30(21-34)23(29)2/h3-7,9,11-14,16-19,23,26,30H,8,10,15H2,1-2H3/b5-3-,6-4-,22-16+,28-19+. The summed E-state index contributed by atoms with van der Waals surface area (Å²) >= 11 is 2.32. The molecule has 3 aliphatic rings. The first-order valence-electron chi connectivity index (χ1n) is 12.2. The fourth-order valence-corrected chi connectivity index (χ4v) is 5.45. The first-order chi connectivity index (χ1) is 17.5. The monoisotopic (exact) mass is 584 g/mol. The Hall–Kier alpha value is -3.42. The number of nitrogens with zero attached hydrogens (tertiary/aromatic N) is 4. The number of fused-ring (bicyclic) bond motifs is 1. The van der Waals surface area contributed by atoms with Gasteiger partial charge in [0.15, 0.2) is 0 Å². The lowest BCUT2D eigenvalue weighted by molar-refractivity contribution is 0.539. The van der Waals surface area contributed by atoms with Crippen LogP contribution in [0, 0.1) is 34.5 Å². The van der Waals surface area contributed by atoms with Gasteiger partial charge in [0.05, 0.1) is 17.7 Å². The van der Waals surface area contributed by atoms with Crippen LogP contribution < -0.4 is 4.90 Å². The molecule has 0 fully saturated rings. The molecule has 1 aliphatic carbocycles. The Morgan fingerprint density at radius 2 is 2.03 bits per heavy atom. The van der Waals surface area contributed by atoms with Crippen molar-refractivity contribution in [2.24, 2.45) is 16.8 Å². The Balaban J connectivity index is 1.65. The number of benzene rings is 1. The van der Waals surface area contributed by atoms with Crippen LogP contribution in [0.1, 0.15) is 31.4 Å². The zero-order valence-corrected chi connectivity index (χ0v) is 22.8. The second kappa shape index (κ2) is 12.0. The van der Waals surface area contributed by atoms with Crippen molar-refractivity contribution in [2.45, 2.75) is 32.7 Å². The molecular weight excluding hydrogens is 555 g/mol. The molecule has 180 valence electrons. The zero-order valence-electron chi connectivity index (χ0n) is 20.6. The lowest BCUT2D eigenvalue weighted by Crippen LogP contribution is -2.24. The molecule has 2 heterocycles. The van der Waals surface area contributed by atoms with Crippen LogP contribution in [0.2, 0.25) is 0 Å². The number of dihydropyridines is 1. The van der Waals surface area contributed by atoms with Crippen molar-refractivity contribution in [1.29, 1.82) is 10.5 Å². The highest BCUT2D eigenvalue weighted by atomic mass is 127. The number of nitriles is 2. The third-order valence-corrected chi connectivity index (χ3v) is 7.56. The van der Waals surface area contributed by atoms with Crippen LogP contribution >= 0.6 is 22.6 Å². The van der Waals surface area contributed by atoms with Crippen molar-refractivity contribution in [3.05, 3.63) is 111 Å². The first-order valence-corrected chi connectivity index (χ1v) is 13.4. The van der Waals surface area contributed by atoms with Crippen LogP contribution in [0.5, 0.6) is 0 Å². The normalized spacial score (nSPS) is 25.8. The Morgan fingerprint density at radius 1 is 1.19 bits per heavy atom. The molecule has 5 heteroatoms. The van der Waals surface area contributed by atoms with E-state index in [0.717, 1.165) is 41.9 Å². The summed E-state index contributed by atoms with van der Waals surface area (Å²) in [6, 6.07) is 10.2. The van der Waals surface area contributed by atoms with Gasteiger partial charge in [0.1, 0.15) is 6.04 Å². The molecule has 0 spiro atoms. The van der Waals surface area contributed by atoms with Crippen LogP contribution in [0.4, 0.5) is 5.69 Å². The predicted molar refractivity (Wildman–Crippen MR) is 157 cm³/mol. The second-order valence-corrected chi connectivity index (χ2v) is 9.79. The van der Waals surface area contributed by atoms with E-state index in [2.05, 4.69) is 123 Å².